The summed E-state index contributed by atoms with van der Waals surface area (Å²) in [4.78, 5) is 21.4. The summed E-state index contributed by atoms with van der Waals surface area (Å²) in [6.45, 7) is 0. The molecule has 1 N–H and O–H groups in total. The summed E-state index contributed by atoms with van der Waals surface area (Å²) in [5.41, 5.74) is 0. The van der Waals surface area contributed by atoms with Crippen LogP contribution in [-0.2, 0) is 14.3 Å². The fraction of sp³-hybridized carbons (Fsp3) is 0.556. The molecule has 1 fully saturated rings. The summed E-state index contributed by atoms with van der Waals surface area (Å²) in [5, 5.41) is 2.46. The first kappa shape index (κ1) is 10.7. The van der Waals surface area contributed by atoms with E-state index in [1.54, 1.807) is 0 Å². The van der Waals surface area contributed by atoms with E-state index in [1.165, 1.54) is 7.11 Å². The summed E-state index contributed by atoms with van der Waals surface area (Å²) in [7, 11) is 1.24. The maximum atomic E-state index is 13.2. The highest BCUT2D eigenvalue weighted by atomic mass is 19.1. The summed E-state index contributed by atoms with van der Waals surface area (Å²) < 4.78 is 17.6. The van der Waals surface area contributed by atoms with Crippen molar-refractivity contribution in [2.75, 3.05) is 7.11 Å². The van der Waals surface area contributed by atoms with Crippen LogP contribution < -0.4 is 5.32 Å². The third kappa shape index (κ3) is 2.83. The van der Waals surface area contributed by atoms with Crippen LogP contribution in [0.1, 0.15) is 19.3 Å². The van der Waals surface area contributed by atoms with Gasteiger partial charge in [-0.25, -0.2) is 4.39 Å². The average Bonchev–Trinajstić information content (AvgIpc) is 2.60. The molecule has 0 unspecified atom stereocenters. The molecule has 0 spiro atoms. The normalized spacial score (nSPS) is 22.0. The highest BCUT2D eigenvalue weighted by Gasteiger charge is 2.24. The van der Waals surface area contributed by atoms with E-state index in [-0.39, 0.29) is 12.3 Å². The van der Waals surface area contributed by atoms with Crippen LogP contribution in [0.25, 0.3) is 0 Å². The van der Waals surface area contributed by atoms with Crippen molar-refractivity contribution in [3.8, 4) is 0 Å². The van der Waals surface area contributed by atoms with Gasteiger partial charge in [0.2, 0.25) is 5.91 Å². The Labute approximate surface area is 81.1 Å². The van der Waals surface area contributed by atoms with Crippen molar-refractivity contribution < 1.29 is 18.7 Å². The van der Waals surface area contributed by atoms with Crippen molar-refractivity contribution in [1.82, 2.24) is 5.32 Å². The van der Waals surface area contributed by atoms with Gasteiger partial charge in [-0.3, -0.25) is 9.59 Å². The number of amides is 1. The van der Waals surface area contributed by atoms with Crippen molar-refractivity contribution in [2.45, 2.75) is 25.3 Å². The number of carbonyl (C=O) groups excluding carboxylic acids is 2. The topological polar surface area (TPSA) is 55.4 Å². The Hall–Kier alpha value is -1.39. The van der Waals surface area contributed by atoms with E-state index >= 15 is 0 Å². The van der Waals surface area contributed by atoms with Crippen LogP contribution in [0, 0.1) is 0 Å². The number of rotatable bonds is 3. The van der Waals surface area contributed by atoms with Crippen LogP contribution in [0.15, 0.2) is 11.9 Å². The third-order valence-corrected chi connectivity index (χ3v) is 2.02. The smallest absolute Gasteiger partial charge is 0.309 e. The average molecular weight is 201 g/mol. The van der Waals surface area contributed by atoms with Crippen LogP contribution in [-0.4, -0.2) is 25.0 Å². The van der Waals surface area contributed by atoms with E-state index in [0.29, 0.717) is 12.8 Å². The van der Waals surface area contributed by atoms with Gasteiger partial charge in [0.1, 0.15) is 5.83 Å². The zero-order valence-electron chi connectivity index (χ0n) is 7.88. The van der Waals surface area contributed by atoms with Gasteiger partial charge >= 0.3 is 5.97 Å². The second-order valence-electron chi connectivity index (χ2n) is 3.03. The van der Waals surface area contributed by atoms with Crippen LogP contribution in [0.3, 0.4) is 0 Å². The Morgan fingerprint density at radius 3 is 3.00 bits per heavy atom. The van der Waals surface area contributed by atoms with Crippen molar-refractivity contribution in [1.29, 1.82) is 0 Å². The van der Waals surface area contributed by atoms with Gasteiger partial charge in [-0.2, -0.15) is 0 Å². The second kappa shape index (κ2) is 4.74. The molecule has 0 radical (unpaired) electrons. The zero-order valence-corrected chi connectivity index (χ0v) is 7.88. The van der Waals surface area contributed by atoms with Gasteiger partial charge in [0, 0.05) is 6.42 Å². The van der Waals surface area contributed by atoms with Gasteiger partial charge in [-0.15, -0.1) is 0 Å². The van der Waals surface area contributed by atoms with E-state index in [0.717, 1.165) is 6.08 Å². The molecule has 0 aliphatic carbocycles. The van der Waals surface area contributed by atoms with E-state index in [4.69, 9.17) is 0 Å². The Morgan fingerprint density at radius 2 is 2.50 bits per heavy atom. The zero-order chi connectivity index (χ0) is 10.6. The van der Waals surface area contributed by atoms with Crippen LogP contribution in [0.2, 0.25) is 0 Å². The van der Waals surface area contributed by atoms with Crippen LogP contribution in [0.4, 0.5) is 4.39 Å². The Bertz CT molecular complexity index is 275. The molecule has 0 aromatic carbocycles. The lowest BCUT2D eigenvalue weighted by Crippen LogP contribution is -2.25. The number of nitrogens with one attached hydrogen (secondary N) is 1. The van der Waals surface area contributed by atoms with E-state index < -0.39 is 17.8 Å². The standard InChI is InChI=1S/C9H12FNO3/c1-14-9(13)5-2-6(10)7-3-4-8(12)11-7/h2,7H,3-5H2,1H3,(H,11,12)/b6-2-/t7-/m0/s1. The lowest BCUT2D eigenvalue weighted by molar-refractivity contribution is -0.139. The van der Waals surface area contributed by atoms with E-state index in [9.17, 15) is 14.0 Å². The monoisotopic (exact) mass is 201 g/mol. The molecule has 1 aliphatic rings. The highest BCUT2D eigenvalue weighted by Crippen LogP contribution is 2.16. The molecule has 78 valence electrons. The van der Waals surface area contributed by atoms with Crippen molar-refractivity contribution >= 4 is 11.9 Å². The fourth-order valence-corrected chi connectivity index (χ4v) is 1.23. The molecule has 1 atom stereocenters. The molecule has 0 aromatic rings. The molecule has 4 nitrogen and oxygen atoms in total. The maximum absolute atomic E-state index is 13.2. The summed E-state index contributed by atoms with van der Waals surface area (Å²) >= 11 is 0. The molecule has 1 aliphatic heterocycles. The first-order valence-corrected chi connectivity index (χ1v) is 4.35. The lowest BCUT2D eigenvalue weighted by Gasteiger charge is -2.06. The van der Waals surface area contributed by atoms with Crippen molar-refractivity contribution in [3.05, 3.63) is 11.9 Å². The molecule has 1 rings (SSSR count). The summed E-state index contributed by atoms with van der Waals surface area (Å²) in [5.74, 6) is -1.12. The van der Waals surface area contributed by atoms with Crippen molar-refractivity contribution in [2.24, 2.45) is 0 Å². The molecular weight excluding hydrogens is 189 g/mol. The largest absolute Gasteiger partial charge is 0.469 e. The number of halogens is 1. The number of esters is 1. The minimum atomic E-state index is -0.563. The minimum Gasteiger partial charge on any atom is -0.469 e. The van der Waals surface area contributed by atoms with Gasteiger partial charge in [0.25, 0.3) is 0 Å². The van der Waals surface area contributed by atoms with Crippen LogP contribution in [0.5, 0.6) is 0 Å². The van der Waals surface area contributed by atoms with Crippen LogP contribution >= 0.6 is 0 Å². The summed E-state index contributed by atoms with van der Waals surface area (Å²) in [6, 6.07) is -0.563. The number of ether oxygens (including phenoxy) is 1. The Kier molecular flexibility index (Phi) is 3.62. The molecular formula is C9H12FNO3. The van der Waals surface area contributed by atoms with Gasteiger partial charge < -0.3 is 10.1 Å². The third-order valence-electron chi connectivity index (χ3n) is 2.02. The minimum absolute atomic E-state index is 0.102. The maximum Gasteiger partial charge on any atom is 0.309 e. The Balaban J connectivity index is 2.44. The quantitative estimate of drug-likeness (QED) is 0.683. The van der Waals surface area contributed by atoms with Gasteiger partial charge in [-0.1, -0.05) is 0 Å². The first-order chi connectivity index (χ1) is 6.63. The van der Waals surface area contributed by atoms with Gasteiger partial charge in [-0.05, 0) is 12.5 Å². The Morgan fingerprint density at radius 1 is 1.79 bits per heavy atom. The van der Waals surface area contributed by atoms with Gasteiger partial charge in [0.05, 0.1) is 19.6 Å². The predicted molar refractivity (Wildman–Crippen MR) is 47.0 cm³/mol. The number of carbonyl (C=O) groups is 2. The number of hydrogen-bond donors (Lipinski definition) is 1. The van der Waals surface area contributed by atoms with Crippen molar-refractivity contribution in [3.63, 3.8) is 0 Å². The molecule has 1 heterocycles. The lowest BCUT2D eigenvalue weighted by atomic mass is 10.2. The molecule has 14 heavy (non-hydrogen) atoms. The van der Waals surface area contributed by atoms with Gasteiger partial charge in [0.15, 0.2) is 0 Å². The molecule has 0 saturated carbocycles. The SMILES string of the molecule is COC(=O)C/C=C(\F)[C@@H]1CCC(=O)N1. The fourth-order valence-electron chi connectivity index (χ4n) is 1.23. The molecule has 0 aromatic heterocycles. The van der Waals surface area contributed by atoms with E-state index in [1.807, 2.05) is 0 Å². The highest BCUT2D eigenvalue weighted by molar-refractivity contribution is 5.79. The first-order valence-electron chi connectivity index (χ1n) is 4.35. The molecule has 0 bridgehead atoms. The molecule has 1 saturated heterocycles. The molecule has 5 heteroatoms. The number of hydrogen-bond acceptors (Lipinski definition) is 3. The predicted octanol–water partition coefficient (Wildman–Crippen LogP) is 0.681. The molecule has 1 amide bonds. The van der Waals surface area contributed by atoms with E-state index in [2.05, 4.69) is 10.1 Å². The second-order valence-corrected chi connectivity index (χ2v) is 3.03. The summed E-state index contributed by atoms with van der Waals surface area (Å²) in [6.07, 6.45) is 1.82. The number of methoxy groups -OCH3 is 1.